The van der Waals surface area contributed by atoms with Crippen LogP contribution in [-0.2, 0) is 4.74 Å². The first-order valence-electron chi connectivity index (χ1n) is 6.15. The van der Waals surface area contributed by atoms with E-state index >= 15 is 0 Å². The van der Waals surface area contributed by atoms with Crippen molar-refractivity contribution in [3.8, 4) is 16.5 Å². The minimum absolute atomic E-state index is 0.201. The summed E-state index contributed by atoms with van der Waals surface area (Å²) in [6, 6.07) is 9.67. The highest BCUT2D eigenvalue weighted by atomic mass is 32.1. The first kappa shape index (κ1) is 14.1. The van der Waals surface area contributed by atoms with Gasteiger partial charge in [0.05, 0.1) is 17.0 Å². The van der Waals surface area contributed by atoms with Gasteiger partial charge in [-0.05, 0) is 25.0 Å². The number of thiophene rings is 1. The van der Waals surface area contributed by atoms with E-state index in [1.165, 1.54) is 11.3 Å². The molecule has 0 amide bonds. The van der Waals surface area contributed by atoms with Crippen molar-refractivity contribution >= 4 is 22.3 Å². The van der Waals surface area contributed by atoms with Gasteiger partial charge >= 0.3 is 5.97 Å². The first-order chi connectivity index (χ1) is 9.60. The molecule has 2 aromatic rings. The second kappa shape index (κ2) is 5.76. The summed E-state index contributed by atoms with van der Waals surface area (Å²) < 4.78 is 5.05. The topological polar surface area (TPSA) is 76.1 Å². The van der Waals surface area contributed by atoms with Crippen molar-refractivity contribution in [1.29, 1.82) is 5.26 Å². The molecule has 0 bridgehead atoms. The maximum atomic E-state index is 12.1. The van der Waals surface area contributed by atoms with Crippen LogP contribution in [0.3, 0.4) is 0 Å². The Balaban J connectivity index is 2.69. The number of carbonyl (C=O) groups is 1. The smallest absolute Gasteiger partial charge is 0.341 e. The molecule has 0 fully saturated rings. The van der Waals surface area contributed by atoms with Gasteiger partial charge in [-0.25, -0.2) is 4.79 Å². The van der Waals surface area contributed by atoms with E-state index in [2.05, 4.69) is 0 Å². The average molecular weight is 286 g/mol. The van der Waals surface area contributed by atoms with E-state index in [-0.39, 0.29) is 17.7 Å². The van der Waals surface area contributed by atoms with Crippen LogP contribution in [-0.4, -0.2) is 12.6 Å². The number of benzene rings is 1. The van der Waals surface area contributed by atoms with Crippen molar-refractivity contribution in [3.63, 3.8) is 0 Å². The highest BCUT2D eigenvalue weighted by Gasteiger charge is 2.25. The molecule has 0 atom stereocenters. The second-order valence-electron chi connectivity index (χ2n) is 4.19. The van der Waals surface area contributed by atoms with Crippen LogP contribution < -0.4 is 5.73 Å². The van der Waals surface area contributed by atoms with Crippen LogP contribution in [0.15, 0.2) is 24.3 Å². The molecule has 0 aliphatic heterocycles. The number of carbonyl (C=O) groups excluding carboxylic acids is 1. The molecule has 4 nitrogen and oxygen atoms in total. The maximum absolute atomic E-state index is 12.1. The molecule has 20 heavy (non-hydrogen) atoms. The number of ether oxygens (including phenoxy) is 1. The highest BCUT2D eigenvalue weighted by Crippen LogP contribution is 2.39. The number of rotatable bonds is 3. The molecule has 1 aromatic heterocycles. The van der Waals surface area contributed by atoms with Crippen molar-refractivity contribution in [2.75, 3.05) is 12.3 Å². The van der Waals surface area contributed by atoms with E-state index in [1.807, 2.05) is 37.3 Å². The van der Waals surface area contributed by atoms with Gasteiger partial charge in [-0.3, -0.25) is 0 Å². The Morgan fingerprint density at radius 3 is 2.75 bits per heavy atom. The summed E-state index contributed by atoms with van der Waals surface area (Å²) in [5.41, 5.74) is 8.25. The molecule has 0 aliphatic carbocycles. The van der Waals surface area contributed by atoms with Crippen LogP contribution in [0.5, 0.6) is 0 Å². The van der Waals surface area contributed by atoms with Crippen molar-refractivity contribution in [1.82, 2.24) is 0 Å². The molecule has 0 aliphatic rings. The normalized spacial score (nSPS) is 10.1. The number of esters is 1. The third kappa shape index (κ3) is 2.38. The lowest BCUT2D eigenvalue weighted by Gasteiger charge is -2.06. The monoisotopic (exact) mass is 286 g/mol. The molecule has 5 heteroatoms. The zero-order valence-electron chi connectivity index (χ0n) is 11.3. The van der Waals surface area contributed by atoms with Gasteiger partial charge in [-0.15, -0.1) is 11.3 Å². The number of anilines is 1. The van der Waals surface area contributed by atoms with Gasteiger partial charge in [0, 0.05) is 0 Å². The molecular formula is C15H14N2O2S. The average Bonchev–Trinajstić information content (AvgIpc) is 2.76. The molecule has 2 N–H and O–H groups in total. The fourth-order valence-electron chi connectivity index (χ4n) is 1.98. The summed E-state index contributed by atoms with van der Waals surface area (Å²) in [5.74, 6) is -0.504. The van der Waals surface area contributed by atoms with Gasteiger partial charge < -0.3 is 10.5 Å². The maximum Gasteiger partial charge on any atom is 0.341 e. The Bertz CT molecular complexity index is 698. The molecule has 0 saturated heterocycles. The Kier molecular flexibility index (Phi) is 4.06. The van der Waals surface area contributed by atoms with E-state index in [4.69, 9.17) is 10.5 Å². The standard InChI is InChI=1S/C15H14N2O2S/c1-3-19-15(18)12-11(8-16)14(17)20-13(12)10-7-5-4-6-9(10)2/h4-7H,3,17H2,1-2H3. The van der Waals surface area contributed by atoms with Gasteiger partial charge in [0.1, 0.15) is 16.6 Å². The third-order valence-corrected chi connectivity index (χ3v) is 3.97. The zero-order chi connectivity index (χ0) is 14.7. The SMILES string of the molecule is CCOC(=O)c1c(-c2ccccc2C)sc(N)c1C#N. The zero-order valence-corrected chi connectivity index (χ0v) is 12.1. The number of hydrogen-bond donors (Lipinski definition) is 1. The number of aryl methyl sites for hydroxylation is 1. The Morgan fingerprint density at radius 1 is 1.45 bits per heavy atom. The minimum Gasteiger partial charge on any atom is -0.462 e. The Morgan fingerprint density at radius 2 is 2.15 bits per heavy atom. The molecule has 2 rings (SSSR count). The fourth-order valence-corrected chi connectivity index (χ4v) is 3.07. The highest BCUT2D eigenvalue weighted by molar-refractivity contribution is 7.20. The molecule has 0 saturated carbocycles. The van der Waals surface area contributed by atoms with Gasteiger partial charge in [-0.1, -0.05) is 24.3 Å². The van der Waals surface area contributed by atoms with E-state index in [0.717, 1.165) is 11.1 Å². The van der Waals surface area contributed by atoms with Crippen LogP contribution in [0.4, 0.5) is 5.00 Å². The van der Waals surface area contributed by atoms with E-state index < -0.39 is 5.97 Å². The van der Waals surface area contributed by atoms with Crippen LogP contribution in [0.1, 0.15) is 28.4 Å². The molecular weight excluding hydrogens is 272 g/mol. The number of nitriles is 1. The third-order valence-electron chi connectivity index (χ3n) is 2.92. The van der Waals surface area contributed by atoms with Crippen molar-refractivity contribution in [2.45, 2.75) is 13.8 Å². The van der Waals surface area contributed by atoms with E-state index in [9.17, 15) is 10.1 Å². The first-order valence-corrected chi connectivity index (χ1v) is 6.97. The summed E-state index contributed by atoms with van der Waals surface area (Å²) in [5, 5.41) is 9.56. The van der Waals surface area contributed by atoms with Crippen LogP contribution >= 0.6 is 11.3 Å². The molecule has 0 radical (unpaired) electrons. The predicted octanol–water partition coefficient (Wildman–Crippen LogP) is 3.35. The minimum atomic E-state index is -0.504. The summed E-state index contributed by atoms with van der Waals surface area (Å²) in [7, 11) is 0. The van der Waals surface area contributed by atoms with Crippen LogP contribution in [0.2, 0.25) is 0 Å². The fraction of sp³-hybridized carbons (Fsp3) is 0.200. The van der Waals surface area contributed by atoms with Gasteiger partial charge in [-0.2, -0.15) is 5.26 Å². The largest absolute Gasteiger partial charge is 0.462 e. The Hall–Kier alpha value is -2.32. The number of nitrogen functional groups attached to an aromatic ring is 1. The summed E-state index contributed by atoms with van der Waals surface area (Å²) in [4.78, 5) is 12.8. The van der Waals surface area contributed by atoms with Gasteiger partial charge in [0.2, 0.25) is 0 Å². The number of nitrogens with two attached hydrogens (primary N) is 1. The molecule has 0 unspecified atom stereocenters. The van der Waals surface area contributed by atoms with E-state index in [1.54, 1.807) is 6.92 Å². The summed E-state index contributed by atoms with van der Waals surface area (Å²) >= 11 is 1.24. The molecule has 0 spiro atoms. The second-order valence-corrected chi connectivity index (χ2v) is 5.24. The van der Waals surface area contributed by atoms with Crippen molar-refractivity contribution in [3.05, 3.63) is 41.0 Å². The summed E-state index contributed by atoms with van der Waals surface area (Å²) in [6.45, 7) is 3.94. The van der Waals surface area contributed by atoms with Crippen LogP contribution in [0, 0.1) is 18.3 Å². The lowest BCUT2D eigenvalue weighted by molar-refractivity contribution is 0.0527. The lowest BCUT2D eigenvalue weighted by atomic mass is 10.0. The predicted molar refractivity (Wildman–Crippen MR) is 79.6 cm³/mol. The summed E-state index contributed by atoms with van der Waals surface area (Å²) in [6.07, 6.45) is 0. The van der Waals surface area contributed by atoms with Gasteiger partial charge in [0.15, 0.2) is 0 Å². The number of nitrogens with zero attached hydrogens (tertiary/aromatic N) is 1. The lowest BCUT2D eigenvalue weighted by Crippen LogP contribution is -2.07. The quantitative estimate of drug-likeness (QED) is 0.878. The van der Waals surface area contributed by atoms with Crippen molar-refractivity contribution < 1.29 is 9.53 Å². The molecule has 102 valence electrons. The van der Waals surface area contributed by atoms with E-state index in [0.29, 0.717) is 9.88 Å². The van der Waals surface area contributed by atoms with Crippen molar-refractivity contribution in [2.24, 2.45) is 0 Å². The molecule has 1 heterocycles. The molecule has 1 aromatic carbocycles. The Labute approximate surface area is 121 Å². The van der Waals surface area contributed by atoms with Crippen LogP contribution in [0.25, 0.3) is 10.4 Å². The van der Waals surface area contributed by atoms with Gasteiger partial charge in [0.25, 0.3) is 0 Å². The number of hydrogen-bond acceptors (Lipinski definition) is 5.